The molecule has 0 spiro atoms. The van der Waals surface area contributed by atoms with E-state index in [9.17, 15) is 9.18 Å². The first kappa shape index (κ1) is 28.0. The molecule has 2 aliphatic heterocycles. The SMILES string of the molecule is COCCN1C[C@@H](CC(=O)Cc2c(C)c(-c3ccc4c(c3)NCCO4)nn2-c2ccccc2)[C@H](c2ccnc(F)c2)O1. The number of rotatable bonds is 10. The molecular weight excluding hydrogens is 537 g/mol. The predicted molar refractivity (Wildman–Crippen MR) is 156 cm³/mol. The molecule has 218 valence electrons. The highest BCUT2D eigenvalue weighted by atomic mass is 19.1. The average molecular weight is 572 g/mol. The summed E-state index contributed by atoms with van der Waals surface area (Å²) in [6, 6.07) is 19.0. The van der Waals surface area contributed by atoms with Gasteiger partial charge in [-0.3, -0.25) is 9.63 Å². The maximum Gasteiger partial charge on any atom is 0.213 e. The number of ether oxygens (including phenoxy) is 2. The number of benzene rings is 2. The van der Waals surface area contributed by atoms with E-state index in [4.69, 9.17) is 19.4 Å². The molecule has 9 nitrogen and oxygen atoms in total. The first-order valence-electron chi connectivity index (χ1n) is 14.2. The Kier molecular flexibility index (Phi) is 8.27. The van der Waals surface area contributed by atoms with Crippen molar-refractivity contribution < 1.29 is 23.5 Å². The van der Waals surface area contributed by atoms with Gasteiger partial charge in [-0.25, -0.2) is 9.67 Å². The summed E-state index contributed by atoms with van der Waals surface area (Å²) in [6.45, 7) is 4.97. The Balaban J connectivity index is 1.29. The fourth-order valence-electron chi connectivity index (χ4n) is 5.72. The molecule has 0 aliphatic carbocycles. The van der Waals surface area contributed by atoms with Crippen LogP contribution in [0.25, 0.3) is 16.9 Å². The van der Waals surface area contributed by atoms with E-state index in [0.29, 0.717) is 31.9 Å². The van der Waals surface area contributed by atoms with Crippen molar-refractivity contribution in [2.75, 3.05) is 45.3 Å². The molecule has 2 aromatic heterocycles. The van der Waals surface area contributed by atoms with Crippen LogP contribution in [0, 0.1) is 18.8 Å². The third kappa shape index (κ3) is 5.92. The van der Waals surface area contributed by atoms with Crippen molar-refractivity contribution in [2.24, 2.45) is 5.92 Å². The highest BCUT2D eigenvalue weighted by molar-refractivity contribution is 5.82. The number of hydroxylamine groups is 2. The number of nitrogens with one attached hydrogen (secondary N) is 1. The summed E-state index contributed by atoms with van der Waals surface area (Å²) in [7, 11) is 1.63. The molecule has 10 heteroatoms. The van der Waals surface area contributed by atoms with Gasteiger partial charge in [-0.05, 0) is 60.5 Å². The number of halogens is 1. The highest BCUT2D eigenvalue weighted by Crippen LogP contribution is 2.38. The highest BCUT2D eigenvalue weighted by Gasteiger charge is 2.37. The van der Waals surface area contributed by atoms with Crippen LogP contribution in [0.4, 0.5) is 10.1 Å². The van der Waals surface area contributed by atoms with Crippen molar-refractivity contribution in [2.45, 2.75) is 25.9 Å². The number of hydrogen-bond acceptors (Lipinski definition) is 8. The van der Waals surface area contributed by atoms with Crippen molar-refractivity contribution >= 4 is 11.5 Å². The lowest BCUT2D eigenvalue weighted by Crippen LogP contribution is -2.24. The van der Waals surface area contributed by atoms with E-state index in [1.54, 1.807) is 18.2 Å². The summed E-state index contributed by atoms with van der Waals surface area (Å²) in [5, 5.41) is 10.2. The van der Waals surface area contributed by atoms with Crippen LogP contribution in [0.3, 0.4) is 0 Å². The molecule has 2 aromatic carbocycles. The van der Waals surface area contributed by atoms with E-state index >= 15 is 0 Å². The summed E-state index contributed by atoms with van der Waals surface area (Å²) >= 11 is 0. The summed E-state index contributed by atoms with van der Waals surface area (Å²) in [5.41, 5.74) is 6.03. The van der Waals surface area contributed by atoms with Gasteiger partial charge in [0.1, 0.15) is 24.2 Å². The molecule has 4 aromatic rings. The molecular formula is C32H34FN5O4. The van der Waals surface area contributed by atoms with Crippen LogP contribution in [0.2, 0.25) is 0 Å². The molecule has 6 rings (SSSR count). The molecule has 1 saturated heterocycles. The van der Waals surface area contributed by atoms with Gasteiger partial charge < -0.3 is 14.8 Å². The topological polar surface area (TPSA) is 90.7 Å². The maximum atomic E-state index is 14.0. The van der Waals surface area contributed by atoms with Crippen molar-refractivity contribution in [3.8, 4) is 22.7 Å². The van der Waals surface area contributed by atoms with Crippen LogP contribution in [0.5, 0.6) is 5.75 Å². The van der Waals surface area contributed by atoms with E-state index in [1.165, 1.54) is 12.3 Å². The lowest BCUT2D eigenvalue weighted by atomic mass is 9.90. The Bertz CT molecular complexity index is 1560. The minimum Gasteiger partial charge on any atom is -0.490 e. The predicted octanol–water partition coefficient (Wildman–Crippen LogP) is 4.94. The van der Waals surface area contributed by atoms with Crippen LogP contribution >= 0.6 is 0 Å². The van der Waals surface area contributed by atoms with Crippen molar-refractivity contribution in [3.05, 3.63) is 89.6 Å². The number of methoxy groups -OCH3 is 1. The molecule has 2 aliphatic rings. The number of Topliss-reactive ketones (excluding diaryl/α,β-unsaturated/α-hetero) is 1. The van der Waals surface area contributed by atoms with Crippen molar-refractivity contribution in [1.82, 2.24) is 19.8 Å². The molecule has 1 fully saturated rings. The van der Waals surface area contributed by atoms with Crippen LogP contribution in [-0.2, 0) is 20.8 Å². The summed E-state index contributed by atoms with van der Waals surface area (Å²) in [6.07, 6.45) is 1.44. The zero-order valence-corrected chi connectivity index (χ0v) is 23.8. The number of ketones is 1. The van der Waals surface area contributed by atoms with Crippen molar-refractivity contribution in [3.63, 3.8) is 0 Å². The monoisotopic (exact) mass is 571 g/mol. The van der Waals surface area contributed by atoms with E-state index in [-0.39, 0.29) is 24.5 Å². The normalized spacial score (nSPS) is 18.4. The van der Waals surface area contributed by atoms with Gasteiger partial charge in [-0.15, -0.1) is 0 Å². The van der Waals surface area contributed by atoms with E-state index < -0.39 is 12.1 Å². The number of carbonyl (C=O) groups excluding carboxylic acids is 1. The van der Waals surface area contributed by atoms with E-state index in [1.807, 2.05) is 60.1 Å². The smallest absolute Gasteiger partial charge is 0.213 e. The Labute approximate surface area is 244 Å². The lowest BCUT2D eigenvalue weighted by molar-refractivity contribution is -0.155. The van der Waals surface area contributed by atoms with Gasteiger partial charge in [-0.1, -0.05) is 18.2 Å². The largest absolute Gasteiger partial charge is 0.490 e. The van der Waals surface area contributed by atoms with E-state index in [2.05, 4.69) is 10.3 Å². The first-order valence-corrected chi connectivity index (χ1v) is 14.2. The fraction of sp³-hybridized carbons (Fsp3) is 0.344. The van der Waals surface area contributed by atoms with Crippen LogP contribution in [-0.4, -0.2) is 65.6 Å². The zero-order valence-electron chi connectivity index (χ0n) is 23.8. The maximum absolute atomic E-state index is 14.0. The number of fused-ring (bicyclic) bond motifs is 1. The second-order valence-electron chi connectivity index (χ2n) is 10.7. The van der Waals surface area contributed by atoms with Crippen molar-refractivity contribution in [1.29, 1.82) is 0 Å². The molecule has 1 N–H and O–H groups in total. The molecule has 0 bridgehead atoms. The Morgan fingerprint density at radius 1 is 1.17 bits per heavy atom. The Morgan fingerprint density at radius 2 is 2.02 bits per heavy atom. The van der Waals surface area contributed by atoms with Gasteiger partial charge in [0.25, 0.3) is 0 Å². The number of hydrogen-bond donors (Lipinski definition) is 1. The van der Waals surface area contributed by atoms with Crippen LogP contribution in [0.1, 0.15) is 29.3 Å². The average Bonchev–Trinajstić information content (AvgIpc) is 3.56. The molecule has 0 amide bonds. The summed E-state index contributed by atoms with van der Waals surface area (Å²) in [5.74, 6) is 0.151. The molecule has 2 atom stereocenters. The Hall–Kier alpha value is -4.12. The quantitative estimate of drug-likeness (QED) is 0.268. The van der Waals surface area contributed by atoms with Gasteiger partial charge >= 0.3 is 0 Å². The molecule has 42 heavy (non-hydrogen) atoms. The third-order valence-corrected chi connectivity index (χ3v) is 7.78. The standard InChI is InChI=1S/C32H34FN5O4/c1-21-28(19-26(39)16-24-20-37(13-15-40-2)42-32(24)23-10-11-35-30(33)18-23)38(25-6-4-3-5-7-25)36-31(21)22-8-9-29-27(17-22)34-12-14-41-29/h3-11,17-18,24,32,34H,12-16,19-20H2,1-2H3/t24-,32+/m1/s1. The second kappa shape index (κ2) is 12.4. The number of anilines is 1. The number of aromatic nitrogens is 3. The van der Waals surface area contributed by atoms with Gasteiger partial charge in [0.2, 0.25) is 5.95 Å². The molecule has 0 radical (unpaired) electrons. The first-order chi connectivity index (χ1) is 20.5. The number of pyridine rings is 1. The minimum atomic E-state index is -0.574. The van der Waals surface area contributed by atoms with E-state index in [0.717, 1.165) is 46.2 Å². The van der Waals surface area contributed by atoms with Gasteiger partial charge in [0.05, 0.1) is 29.4 Å². The van der Waals surface area contributed by atoms with Crippen LogP contribution < -0.4 is 10.1 Å². The third-order valence-electron chi connectivity index (χ3n) is 7.78. The van der Waals surface area contributed by atoms with Gasteiger partial charge in [-0.2, -0.15) is 14.6 Å². The summed E-state index contributed by atoms with van der Waals surface area (Å²) in [4.78, 5) is 23.6. The molecule has 4 heterocycles. The summed E-state index contributed by atoms with van der Waals surface area (Å²) < 4.78 is 26.8. The van der Waals surface area contributed by atoms with Gasteiger partial charge in [0, 0.05) is 57.3 Å². The molecule has 0 unspecified atom stereocenters. The van der Waals surface area contributed by atoms with Gasteiger partial charge in [0.15, 0.2) is 0 Å². The Morgan fingerprint density at radius 3 is 2.83 bits per heavy atom. The lowest BCUT2D eigenvalue weighted by Gasteiger charge is -2.19. The number of nitrogens with zero attached hydrogens (tertiary/aromatic N) is 4. The zero-order chi connectivity index (χ0) is 29.1. The van der Waals surface area contributed by atoms with Crippen LogP contribution in [0.15, 0.2) is 66.9 Å². The minimum absolute atomic E-state index is 0.0592. The number of carbonyl (C=O) groups is 1. The second-order valence-corrected chi connectivity index (χ2v) is 10.7. The molecule has 0 saturated carbocycles. The number of para-hydroxylation sites is 1. The fourth-order valence-corrected chi connectivity index (χ4v) is 5.72.